The summed E-state index contributed by atoms with van der Waals surface area (Å²) < 4.78 is 11.1. The number of benzene rings is 1. The van der Waals surface area contributed by atoms with Crippen LogP contribution in [0.25, 0.3) is 0 Å². The van der Waals surface area contributed by atoms with Crippen molar-refractivity contribution in [3.8, 4) is 11.5 Å². The summed E-state index contributed by atoms with van der Waals surface area (Å²) in [5, 5.41) is 25.9. The first-order chi connectivity index (χ1) is 12.4. The molecular weight excluding hydrogens is 336 g/mol. The molecule has 0 heterocycles. The summed E-state index contributed by atoms with van der Waals surface area (Å²) in [6.45, 7) is 6.24. The van der Waals surface area contributed by atoms with Crippen LogP contribution in [0.5, 0.6) is 11.5 Å². The number of rotatable bonds is 14. The van der Waals surface area contributed by atoms with Gasteiger partial charge in [0.05, 0.1) is 0 Å². The van der Waals surface area contributed by atoms with Gasteiger partial charge >= 0.3 is 0 Å². The SMILES string of the molecule is CC(N)CNCC(O)COc1cccc(OCC(O)CNCC(C)N)c1. The molecule has 1 aromatic rings. The highest BCUT2D eigenvalue weighted by molar-refractivity contribution is 5.32. The number of ether oxygens (including phenoxy) is 2. The molecule has 0 aliphatic heterocycles. The molecule has 1 rings (SSSR count). The zero-order valence-electron chi connectivity index (χ0n) is 15.7. The van der Waals surface area contributed by atoms with Gasteiger partial charge in [0.25, 0.3) is 0 Å². The number of aliphatic hydroxyl groups excluding tert-OH is 2. The summed E-state index contributed by atoms with van der Waals surface area (Å²) in [7, 11) is 0. The second-order valence-electron chi connectivity index (χ2n) is 6.68. The molecule has 0 saturated heterocycles. The molecule has 0 fully saturated rings. The average Bonchev–Trinajstić information content (AvgIpc) is 2.58. The lowest BCUT2D eigenvalue weighted by molar-refractivity contribution is 0.102. The summed E-state index contributed by atoms with van der Waals surface area (Å²) in [5.74, 6) is 1.19. The fourth-order valence-corrected chi connectivity index (χ4v) is 2.11. The Hall–Kier alpha value is -1.42. The Morgan fingerprint density at radius 2 is 1.27 bits per heavy atom. The number of hydrogen-bond donors (Lipinski definition) is 6. The molecule has 8 heteroatoms. The van der Waals surface area contributed by atoms with E-state index in [0.29, 0.717) is 37.7 Å². The minimum Gasteiger partial charge on any atom is -0.491 e. The van der Waals surface area contributed by atoms with Crippen LogP contribution in [-0.4, -0.2) is 73.9 Å². The Balaban J connectivity index is 2.29. The van der Waals surface area contributed by atoms with E-state index < -0.39 is 12.2 Å². The van der Waals surface area contributed by atoms with Crippen molar-refractivity contribution in [2.45, 2.75) is 38.1 Å². The molecule has 0 aliphatic carbocycles. The Labute approximate surface area is 155 Å². The van der Waals surface area contributed by atoms with Gasteiger partial charge < -0.3 is 41.8 Å². The normalized spacial score (nSPS) is 15.9. The Bertz CT molecular complexity index is 449. The van der Waals surface area contributed by atoms with Gasteiger partial charge in [0.2, 0.25) is 0 Å². The van der Waals surface area contributed by atoms with Gasteiger partial charge in [-0.05, 0) is 26.0 Å². The standard InChI is InChI=1S/C18H34N4O4/c1-13(19)7-21-9-15(23)11-25-17-4-3-5-18(6-17)26-12-16(24)10-22-8-14(2)20/h3-6,13-16,21-24H,7-12,19-20H2,1-2H3. The zero-order valence-corrected chi connectivity index (χ0v) is 15.7. The Morgan fingerprint density at radius 3 is 1.65 bits per heavy atom. The highest BCUT2D eigenvalue weighted by Crippen LogP contribution is 2.19. The molecule has 150 valence electrons. The Kier molecular flexibility index (Phi) is 11.2. The lowest BCUT2D eigenvalue weighted by Gasteiger charge is -2.16. The topological polar surface area (TPSA) is 135 Å². The highest BCUT2D eigenvalue weighted by atomic mass is 16.5. The van der Waals surface area contributed by atoms with Crippen LogP contribution in [0, 0.1) is 0 Å². The summed E-state index contributed by atoms with van der Waals surface area (Å²) in [5.41, 5.74) is 11.3. The van der Waals surface area contributed by atoms with Crippen molar-refractivity contribution in [3.63, 3.8) is 0 Å². The second kappa shape index (κ2) is 12.9. The van der Waals surface area contributed by atoms with E-state index in [1.165, 1.54) is 0 Å². The van der Waals surface area contributed by atoms with E-state index in [1.807, 2.05) is 13.8 Å². The van der Waals surface area contributed by atoms with E-state index in [1.54, 1.807) is 24.3 Å². The summed E-state index contributed by atoms with van der Waals surface area (Å²) in [6, 6.07) is 7.18. The van der Waals surface area contributed by atoms with Crippen molar-refractivity contribution in [2.24, 2.45) is 11.5 Å². The predicted octanol–water partition coefficient (Wildman–Crippen LogP) is -0.960. The third-order valence-corrected chi connectivity index (χ3v) is 3.38. The maximum absolute atomic E-state index is 9.88. The Morgan fingerprint density at radius 1 is 0.846 bits per heavy atom. The largest absolute Gasteiger partial charge is 0.491 e. The summed E-state index contributed by atoms with van der Waals surface area (Å²) in [6.07, 6.45) is -1.26. The molecule has 0 spiro atoms. The van der Waals surface area contributed by atoms with Crippen molar-refractivity contribution in [3.05, 3.63) is 24.3 Å². The molecule has 0 amide bonds. The van der Waals surface area contributed by atoms with Gasteiger partial charge in [-0.2, -0.15) is 0 Å². The summed E-state index contributed by atoms with van der Waals surface area (Å²) >= 11 is 0. The van der Waals surface area contributed by atoms with Crippen LogP contribution in [0.3, 0.4) is 0 Å². The van der Waals surface area contributed by atoms with E-state index in [-0.39, 0.29) is 25.3 Å². The molecule has 1 aromatic carbocycles. The van der Waals surface area contributed by atoms with Crippen molar-refractivity contribution in [1.29, 1.82) is 0 Å². The maximum Gasteiger partial charge on any atom is 0.123 e. The first-order valence-electron chi connectivity index (χ1n) is 9.01. The first-order valence-corrected chi connectivity index (χ1v) is 9.01. The maximum atomic E-state index is 9.88. The van der Waals surface area contributed by atoms with Crippen LogP contribution in [0.2, 0.25) is 0 Å². The van der Waals surface area contributed by atoms with E-state index >= 15 is 0 Å². The van der Waals surface area contributed by atoms with Gasteiger partial charge in [-0.1, -0.05) is 6.07 Å². The zero-order chi connectivity index (χ0) is 19.4. The minimum atomic E-state index is -0.629. The van der Waals surface area contributed by atoms with Gasteiger partial charge in [-0.25, -0.2) is 0 Å². The van der Waals surface area contributed by atoms with E-state index in [4.69, 9.17) is 20.9 Å². The molecule has 8 nitrogen and oxygen atoms in total. The van der Waals surface area contributed by atoms with Crippen LogP contribution in [-0.2, 0) is 0 Å². The number of aliphatic hydroxyl groups is 2. The summed E-state index contributed by atoms with van der Waals surface area (Å²) in [4.78, 5) is 0. The third-order valence-electron chi connectivity index (χ3n) is 3.38. The lowest BCUT2D eigenvalue weighted by atomic mass is 10.3. The smallest absolute Gasteiger partial charge is 0.123 e. The molecule has 0 saturated carbocycles. The average molecular weight is 370 g/mol. The van der Waals surface area contributed by atoms with Gasteiger partial charge in [0.1, 0.15) is 36.9 Å². The van der Waals surface area contributed by atoms with Gasteiger partial charge in [-0.3, -0.25) is 0 Å². The fourth-order valence-electron chi connectivity index (χ4n) is 2.11. The lowest BCUT2D eigenvalue weighted by Crippen LogP contribution is -2.37. The van der Waals surface area contributed by atoms with Crippen LogP contribution in [0.4, 0.5) is 0 Å². The monoisotopic (exact) mass is 370 g/mol. The van der Waals surface area contributed by atoms with Crippen molar-refractivity contribution in [1.82, 2.24) is 10.6 Å². The molecule has 0 aliphatic rings. The van der Waals surface area contributed by atoms with Gasteiger partial charge in [0.15, 0.2) is 0 Å². The van der Waals surface area contributed by atoms with Crippen molar-refractivity contribution >= 4 is 0 Å². The van der Waals surface area contributed by atoms with Gasteiger partial charge in [-0.15, -0.1) is 0 Å². The molecular formula is C18H34N4O4. The molecule has 4 atom stereocenters. The minimum absolute atomic E-state index is 0.0428. The van der Waals surface area contributed by atoms with Gasteiger partial charge in [0, 0.05) is 44.3 Å². The first kappa shape index (κ1) is 22.6. The van der Waals surface area contributed by atoms with Crippen LogP contribution >= 0.6 is 0 Å². The molecule has 0 bridgehead atoms. The van der Waals surface area contributed by atoms with Crippen LogP contribution in [0.1, 0.15) is 13.8 Å². The fraction of sp³-hybridized carbons (Fsp3) is 0.667. The highest BCUT2D eigenvalue weighted by Gasteiger charge is 2.08. The molecule has 26 heavy (non-hydrogen) atoms. The number of hydrogen-bond acceptors (Lipinski definition) is 8. The molecule has 0 aromatic heterocycles. The third kappa shape index (κ3) is 11.2. The number of nitrogens with one attached hydrogen (secondary N) is 2. The molecule has 0 radical (unpaired) electrons. The van der Waals surface area contributed by atoms with E-state index in [9.17, 15) is 10.2 Å². The van der Waals surface area contributed by atoms with Crippen molar-refractivity contribution < 1.29 is 19.7 Å². The van der Waals surface area contributed by atoms with Crippen LogP contribution < -0.4 is 31.6 Å². The predicted molar refractivity (Wildman–Crippen MR) is 102 cm³/mol. The van der Waals surface area contributed by atoms with E-state index in [0.717, 1.165) is 0 Å². The number of nitrogens with two attached hydrogens (primary N) is 2. The van der Waals surface area contributed by atoms with E-state index in [2.05, 4.69) is 10.6 Å². The molecule has 4 unspecified atom stereocenters. The quantitative estimate of drug-likeness (QED) is 0.246. The van der Waals surface area contributed by atoms with Crippen molar-refractivity contribution in [2.75, 3.05) is 39.4 Å². The van der Waals surface area contributed by atoms with Crippen LogP contribution in [0.15, 0.2) is 24.3 Å². The molecule has 8 N–H and O–H groups in total. The second-order valence-corrected chi connectivity index (χ2v) is 6.68.